The minimum Gasteiger partial charge on any atom is -0.432 e. The molecule has 5 aliphatic heterocycles. The summed E-state index contributed by atoms with van der Waals surface area (Å²) in [5.74, 6) is -0.670. The quantitative estimate of drug-likeness (QED) is 0.0454. The maximum Gasteiger partial charge on any atom is 0.315 e. The van der Waals surface area contributed by atoms with Gasteiger partial charge in [0.2, 0.25) is 6.29 Å². The second kappa shape index (κ2) is 24.9. The predicted octanol–water partition coefficient (Wildman–Crippen LogP) is -3.57. The molecule has 4 saturated carbocycles. The van der Waals surface area contributed by atoms with Crippen molar-refractivity contribution in [3.63, 3.8) is 0 Å². The molecule has 9 fully saturated rings. The molecule has 0 spiro atoms. The monoisotopic (exact) mass is 1240 g/mol. The zero-order valence-corrected chi connectivity index (χ0v) is 50.0. The van der Waals surface area contributed by atoms with Crippen molar-refractivity contribution in [2.75, 3.05) is 33.0 Å². The molecule has 16 N–H and O–H groups in total. The van der Waals surface area contributed by atoms with Gasteiger partial charge in [-0.15, -0.1) is 0 Å². The van der Waals surface area contributed by atoms with Gasteiger partial charge in [0, 0.05) is 0 Å². The molecule has 0 amide bonds. The number of hydrogen-bond acceptors (Lipinski definition) is 27. The highest BCUT2D eigenvalue weighted by Crippen LogP contribution is 2.76. The largest absolute Gasteiger partial charge is 0.432 e. The fourth-order valence-electron chi connectivity index (χ4n) is 17.6. The molecule has 27 nitrogen and oxygen atoms in total. The van der Waals surface area contributed by atoms with Crippen LogP contribution < -0.4 is 0 Å². The lowest BCUT2D eigenvalue weighted by Crippen LogP contribution is -2.67. The summed E-state index contributed by atoms with van der Waals surface area (Å²) in [6, 6.07) is 0. The van der Waals surface area contributed by atoms with E-state index < -0.39 is 203 Å². The van der Waals surface area contributed by atoms with Crippen molar-refractivity contribution < 1.29 is 134 Å². The normalized spacial score (nSPS) is 53.6. The lowest BCUT2D eigenvalue weighted by atomic mass is 9.33. The number of carbonyl (C=O) groups excluding carboxylic acids is 1. The zero-order chi connectivity index (χ0) is 62.7. The fraction of sp³-hybridized carbons (Fsp3) is 0.949. The van der Waals surface area contributed by atoms with Crippen LogP contribution in [0.5, 0.6) is 0 Å². The summed E-state index contributed by atoms with van der Waals surface area (Å²) >= 11 is 0. The van der Waals surface area contributed by atoms with Crippen molar-refractivity contribution in [3.05, 3.63) is 11.6 Å². The van der Waals surface area contributed by atoms with Crippen molar-refractivity contribution in [2.45, 2.75) is 266 Å². The van der Waals surface area contributed by atoms with Gasteiger partial charge in [0.15, 0.2) is 25.2 Å². The van der Waals surface area contributed by atoms with E-state index in [4.69, 9.17) is 47.4 Å². The maximum absolute atomic E-state index is 15.2. The minimum absolute atomic E-state index is 0.0547. The average molecular weight is 1240 g/mol. The molecule has 10 aliphatic rings. The Hall–Kier alpha value is -1.79. The number of fused-ring (bicyclic) bond motifs is 7. The first-order chi connectivity index (χ1) is 40.3. The van der Waals surface area contributed by atoms with Crippen LogP contribution in [0.15, 0.2) is 11.6 Å². The van der Waals surface area contributed by atoms with Crippen molar-refractivity contribution in [1.29, 1.82) is 0 Å². The molecule has 5 heterocycles. The van der Waals surface area contributed by atoms with Crippen LogP contribution in [-0.4, -0.2) is 274 Å². The van der Waals surface area contributed by atoms with Gasteiger partial charge in [-0.1, -0.05) is 60.1 Å². The summed E-state index contributed by atoms with van der Waals surface area (Å²) in [6.07, 6.45) is -31.7. The zero-order valence-electron chi connectivity index (χ0n) is 50.0. The van der Waals surface area contributed by atoms with Gasteiger partial charge in [0.05, 0.1) is 44.6 Å². The SMILES string of the molecule is CC1(C)CC[C@]2(C(=O)O[C@@H]3O[C@H](CO[C@@H]4O[C@H](CO)[C@@H](O)[C@H](O)[C@H]4O)[C@@H](O)[C@H](O)[C@H]3O)CC[C@]3(C)C(=CC[C@@H]4[C@@]5(C)CC[C@H](O[C@@H]6OC[C@H](O)[C@H](O[C@@H]7O[C@H](CO)[C@@H](O)[C@H](O)[C@H]7O)[C@H]6O[C@@H]6O[C@H](CO)[C@@H](O)[C@H](O)[C@H]6O)C(C)(C)[C@@H]5CC[C@]43C)[C@@H]2C1. The van der Waals surface area contributed by atoms with Crippen LogP contribution in [0.2, 0.25) is 0 Å². The molecule has 5 aliphatic carbocycles. The molecule has 0 aromatic rings. The van der Waals surface area contributed by atoms with Gasteiger partial charge in [-0.2, -0.15) is 0 Å². The van der Waals surface area contributed by atoms with Crippen LogP contribution in [0, 0.1) is 50.2 Å². The standard InChI is InChI=1S/C59H96O27/c1-54(2)14-16-59(53(76)86-51-45(75)41(71)37(67)30(82-51)23-78-48-42(72)38(68)34(64)27(19-60)79-48)17-15-57(6)24(25(59)18-54)8-9-32-56(5)12-11-33(55(3,4)31(56)10-13-58(32,57)7)83-52-47(85-50-44(74)40(70)36(66)29(21-62)81-50)46(26(63)22-77-52)84-49-43(73)39(69)35(65)28(20-61)80-49/h8,25-52,60-75H,9-23H2,1-7H3/t25-,26-,27+,28+,29+,30+,31-,32+,33-,34+,35+,36+,37+,38-,39-,40-,41-,42+,43+,44+,45+,46-,47+,48+,49-,50-,51-,52-,56-,57+,58+,59-/m0/s1. The Kier molecular flexibility index (Phi) is 19.4. The molecule has 0 bridgehead atoms. The van der Waals surface area contributed by atoms with Crippen molar-refractivity contribution in [2.24, 2.45) is 50.2 Å². The molecular weight excluding hydrogens is 1140 g/mol. The lowest BCUT2D eigenvalue weighted by molar-refractivity contribution is -0.389. The Balaban J connectivity index is 0.877. The average Bonchev–Trinajstić information content (AvgIpc) is 0.685. The summed E-state index contributed by atoms with van der Waals surface area (Å²) in [5.41, 5.74) is -1.54. The van der Waals surface area contributed by atoms with Crippen LogP contribution in [0.3, 0.4) is 0 Å². The molecule has 27 heteroatoms. The molecule has 86 heavy (non-hydrogen) atoms. The highest BCUT2D eigenvalue weighted by atomic mass is 16.8. The van der Waals surface area contributed by atoms with Gasteiger partial charge < -0.3 is 129 Å². The van der Waals surface area contributed by atoms with Gasteiger partial charge in [-0.05, 0) is 109 Å². The van der Waals surface area contributed by atoms with E-state index in [9.17, 15) is 81.7 Å². The smallest absolute Gasteiger partial charge is 0.315 e. The second-order valence-electron chi connectivity index (χ2n) is 28.7. The molecule has 32 atom stereocenters. The third-order valence-electron chi connectivity index (χ3n) is 23.1. The molecule has 10 rings (SSSR count). The van der Waals surface area contributed by atoms with E-state index in [0.29, 0.717) is 51.4 Å². The number of esters is 1. The molecule has 0 unspecified atom stereocenters. The first kappa shape index (κ1) is 67.1. The number of rotatable bonds is 14. The summed E-state index contributed by atoms with van der Waals surface area (Å²) in [5, 5.41) is 171. The van der Waals surface area contributed by atoms with Crippen LogP contribution in [0.25, 0.3) is 0 Å². The molecule has 494 valence electrons. The van der Waals surface area contributed by atoms with Gasteiger partial charge in [-0.3, -0.25) is 4.79 Å². The Morgan fingerprint density at radius 3 is 1.59 bits per heavy atom. The number of hydrogen-bond donors (Lipinski definition) is 16. The Morgan fingerprint density at radius 2 is 1.02 bits per heavy atom. The van der Waals surface area contributed by atoms with Crippen LogP contribution in [0.4, 0.5) is 0 Å². The predicted molar refractivity (Wildman–Crippen MR) is 289 cm³/mol. The number of ether oxygens (including phenoxy) is 10. The van der Waals surface area contributed by atoms with E-state index in [1.165, 1.54) is 5.57 Å². The van der Waals surface area contributed by atoms with E-state index in [-0.39, 0.29) is 39.4 Å². The van der Waals surface area contributed by atoms with Crippen LogP contribution in [-0.2, 0) is 52.2 Å². The van der Waals surface area contributed by atoms with Crippen molar-refractivity contribution in [1.82, 2.24) is 0 Å². The van der Waals surface area contributed by atoms with Gasteiger partial charge in [0.1, 0.15) is 116 Å². The topological polar surface area (TPSA) is 433 Å². The van der Waals surface area contributed by atoms with Crippen molar-refractivity contribution in [3.8, 4) is 0 Å². The first-order valence-corrected chi connectivity index (χ1v) is 30.7. The van der Waals surface area contributed by atoms with E-state index in [1.807, 2.05) is 0 Å². The Labute approximate surface area is 499 Å². The van der Waals surface area contributed by atoms with Crippen LogP contribution in [0.1, 0.15) is 113 Å². The van der Waals surface area contributed by atoms with Gasteiger partial charge >= 0.3 is 5.97 Å². The summed E-state index contributed by atoms with van der Waals surface area (Å²) in [4.78, 5) is 15.2. The molecule has 0 radical (unpaired) electrons. The second-order valence-corrected chi connectivity index (χ2v) is 28.7. The number of allylic oxidation sites excluding steroid dienone is 2. The number of aliphatic hydroxyl groups excluding tert-OH is 16. The van der Waals surface area contributed by atoms with Gasteiger partial charge in [-0.25, -0.2) is 0 Å². The van der Waals surface area contributed by atoms with E-state index in [2.05, 4.69) is 54.5 Å². The van der Waals surface area contributed by atoms with E-state index in [0.717, 1.165) is 12.8 Å². The lowest BCUT2D eigenvalue weighted by Gasteiger charge is -2.71. The summed E-state index contributed by atoms with van der Waals surface area (Å²) in [6.45, 7) is 12.5. The third kappa shape index (κ3) is 11.3. The van der Waals surface area contributed by atoms with Gasteiger partial charge in [0.25, 0.3) is 0 Å². The third-order valence-corrected chi connectivity index (χ3v) is 23.1. The molecule has 5 saturated heterocycles. The minimum atomic E-state index is -1.90. The highest BCUT2D eigenvalue weighted by Gasteiger charge is 2.70. The van der Waals surface area contributed by atoms with E-state index in [1.54, 1.807) is 0 Å². The van der Waals surface area contributed by atoms with E-state index >= 15 is 4.79 Å². The summed E-state index contributed by atoms with van der Waals surface area (Å²) in [7, 11) is 0. The van der Waals surface area contributed by atoms with Crippen molar-refractivity contribution >= 4 is 5.97 Å². The number of carbonyl (C=O) groups is 1. The first-order valence-electron chi connectivity index (χ1n) is 30.7. The summed E-state index contributed by atoms with van der Waals surface area (Å²) < 4.78 is 60.3. The molecular formula is C59H96O27. The Morgan fingerprint density at radius 1 is 0.523 bits per heavy atom. The number of aliphatic hydroxyl groups is 16. The maximum atomic E-state index is 15.2. The molecule has 0 aromatic heterocycles. The fourth-order valence-corrected chi connectivity index (χ4v) is 17.6. The molecule has 0 aromatic carbocycles. The Bertz CT molecular complexity index is 2380. The van der Waals surface area contributed by atoms with Crippen LogP contribution >= 0.6 is 0 Å². The highest BCUT2D eigenvalue weighted by molar-refractivity contribution is 5.79.